The quantitative estimate of drug-likeness (QED) is 0.0243. The van der Waals surface area contributed by atoms with Gasteiger partial charge in [0.2, 0.25) is 5.91 Å². The minimum Gasteiger partial charge on any atom is -0.387 e. The van der Waals surface area contributed by atoms with Crippen LogP contribution in [-0.4, -0.2) is 73.4 Å². The van der Waals surface area contributed by atoms with Gasteiger partial charge in [-0.3, -0.25) is 13.8 Å². The summed E-state index contributed by atoms with van der Waals surface area (Å²) in [7, 11) is 1.56. The second-order valence-corrected chi connectivity index (χ2v) is 27.4. The molecule has 0 aromatic heterocycles. The maximum atomic E-state index is 13.0. The van der Waals surface area contributed by atoms with E-state index < -0.39 is 20.0 Å². The van der Waals surface area contributed by atoms with Crippen molar-refractivity contribution in [3.63, 3.8) is 0 Å². The number of phosphoric acid groups is 1. The first-order valence-electron chi connectivity index (χ1n) is 36.5. The fourth-order valence-electron chi connectivity index (χ4n) is 10.7. The SMILES string of the molecule is CC/C=C\C/C=C\C/C=C\C/C=C\CCCCCCCCCCCCCCCCCCCCCCCCCCCCCCC(=O)NC(COP(=O)(O)OCC[N+](C)(C)C)C(O)/C=C/CC/C=C/CC/C=C/CCCCCCCCCCCCCC. The van der Waals surface area contributed by atoms with Gasteiger partial charge < -0.3 is 19.8 Å². The Bertz CT molecular complexity index is 1660. The molecule has 8 nitrogen and oxygen atoms in total. The number of hydrogen-bond acceptors (Lipinski definition) is 5. The van der Waals surface area contributed by atoms with E-state index in [-0.39, 0.29) is 19.1 Å². The zero-order valence-electron chi connectivity index (χ0n) is 56.8. The smallest absolute Gasteiger partial charge is 0.387 e. The number of quaternary nitrogens is 1. The number of unbranched alkanes of at least 4 members (excludes halogenated alkanes) is 42. The van der Waals surface area contributed by atoms with Crippen molar-refractivity contribution in [1.29, 1.82) is 0 Å². The molecule has 0 aromatic carbocycles. The van der Waals surface area contributed by atoms with Crippen molar-refractivity contribution < 1.29 is 32.9 Å². The van der Waals surface area contributed by atoms with E-state index in [0.29, 0.717) is 17.4 Å². The molecule has 3 unspecified atom stereocenters. The van der Waals surface area contributed by atoms with Crippen LogP contribution in [0.5, 0.6) is 0 Å². The Morgan fingerprint density at radius 2 is 0.718 bits per heavy atom. The molecule has 0 fully saturated rings. The highest BCUT2D eigenvalue weighted by molar-refractivity contribution is 7.47. The number of amides is 1. The number of aliphatic hydroxyl groups is 1. The van der Waals surface area contributed by atoms with Gasteiger partial charge in [-0.25, -0.2) is 4.57 Å². The van der Waals surface area contributed by atoms with Gasteiger partial charge in [-0.2, -0.15) is 0 Å². The minimum atomic E-state index is -4.37. The van der Waals surface area contributed by atoms with Crippen molar-refractivity contribution in [1.82, 2.24) is 5.32 Å². The topological polar surface area (TPSA) is 105 Å². The van der Waals surface area contributed by atoms with Crippen molar-refractivity contribution in [2.75, 3.05) is 40.9 Å². The number of hydrogen-bond donors (Lipinski definition) is 3. The van der Waals surface area contributed by atoms with Crippen LogP contribution in [0.15, 0.2) is 85.1 Å². The second-order valence-electron chi connectivity index (χ2n) is 25.9. The maximum absolute atomic E-state index is 13.0. The number of nitrogens with one attached hydrogen (secondary N) is 1. The van der Waals surface area contributed by atoms with Crippen LogP contribution in [0.3, 0.4) is 0 Å². The molecule has 1 amide bonds. The molecule has 0 heterocycles. The summed E-state index contributed by atoms with van der Waals surface area (Å²) in [6, 6.07) is -0.872. The van der Waals surface area contributed by atoms with Gasteiger partial charge in [0, 0.05) is 6.42 Å². The number of rotatable bonds is 67. The molecular weight excluding hydrogens is 1070 g/mol. The van der Waals surface area contributed by atoms with Crippen LogP contribution in [0.1, 0.15) is 341 Å². The number of likely N-dealkylation sites (N-methyl/N-ethyl adjacent to an activating group) is 1. The first kappa shape index (κ1) is 82.7. The van der Waals surface area contributed by atoms with Crippen LogP contribution in [0.4, 0.5) is 0 Å². The molecule has 496 valence electrons. The van der Waals surface area contributed by atoms with Gasteiger partial charge >= 0.3 is 7.82 Å². The monoisotopic (exact) mass is 1210 g/mol. The van der Waals surface area contributed by atoms with E-state index in [9.17, 15) is 19.4 Å². The number of aliphatic hydroxyl groups excluding tert-OH is 1. The van der Waals surface area contributed by atoms with Crippen molar-refractivity contribution in [2.45, 2.75) is 353 Å². The van der Waals surface area contributed by atoms with Gasteiger partial charge in [0.25, 0.3) is 0 Å². The van der Waals surface area contributed by atoms with Crippen LogP contribution < -0.4 is 5.32 Å². The molecule has 0 radical (unpaired) electrons. The molecule has 0 bridgehead atoms. The summed E-state index contributed by atoms with van der Waals surface area (Å²) < 4.78 is 23.8. The fraction of sp³-hybridized carbons (Fsp3) is 0.803. The molecule has 0 aliphatic heterocycles. The van der Waals surface area contributed by atoms with E-state index in [1.807, 2.05) is 27.2 Å². The molecule has 0 aliphatic carbocycles. The predicted molar refractivity (Wildman–Crippen MR) is 373 cm³/mol. The fourth-order valence-corrected chi connectivity index (χ4v) is 11.5. The highest BCUT2D eigenvalue weighted by Gasteiger charge is 2.28. The van der Waals surface area contributed by atoms with E-state index in [4.69, 9.17) is 9.05 Å². The van der Waals surface area contributed by atoms with Crippen LogP contribution in [0.2, 0.25) is 0 Å². The third-order valence-corrected chi connectivity index (χ3v) is 17.3. The third-order valence-electron chi connectivity index (χ3n) is 16.3. The normalized spacial score (nSPS) is 14.1. The van der Waals surface area contributed by atoms with Crippen LogP contribution in [-0.2, 0) is 18.4 Å². The Labute approximate surface area is 528 Å². The number of phosphoric ester groups is 1. The van der Waals surface area contributed by atoms with E-state index >= 15 is 0 Å². The zero-order chi connectivity index (χ0) is 61.9. The molecule has 85 heavy (non-hydrogen) atoms. The van der Waals surface area contributed by atoms with Gasteiger partial charge in [-0.05, 0) is 83.5 Å². The summed E-state index contributed by atoms with van der Waals surface area (Å²) in [5, 5.41) is 14.0. The summed E-state index contributed by atoms with van der Waals surface area (Å²) in [6.45, 7) is 4.71. The average molecular weight is 1210 g/mol. The number of carbonyl (C=O) groups is 1. The van der Waals surface area contributed by atoms with Crippen LogP contribution in [0, 0.1) is 0 Å². The molecule has 0 rings (SSSR count). The number of carbonyl (C=O) groups excluding carboxylic acids is 1. The molecule has 0 saturated heterocycles. The van der Waals surface area contributed by atoms with E-state index in [2.05, 4.69) is 92.1 Å². The molecular formula is C76H142N2O6P+. The highest BCUT2D eigenvalue weighted by atomic mass is 31.2. The van der Waals surface area contributed by atoms with E-state index in [0.717, 1.165) is 70.6 Å². The van der Waals surface area contributed by atoms with Crippen molar-refractivity contribution >= 4 is 13.7 Å². The molecule has 3 atom stereocenters. The largest absolute Gasteiger partial charge is 0.472 e. The Balaban J connectivity index is 3.96. The Morgan fingerprint density at radius 1 is 0.412 bits per heavy atom. The first-order valence-corrected chi connectivity index (χ1v) is 38.0. The highest BCUT2D eigenvalue weighted by Crippen LogP contribution is 2.43. The molecule has 0 spiro atoms. The van der Waals surface area contributed by atoms with Gasteiger partial charge in [0.15, 0.2) is 0 Å². The van der Waals surface area contributed by atoms with Crippen molar-refractivity contribution in [3.8, 4) is 0 Å². The average Bonchev–Trinajstić information content (AvgIpc) is 3.48. The lowest BCUT2D eigenvalue weighted by Crippen LogP contribution is -2.45. The van der Waals surface area contributed by atoms with E-state index in [1.165, 1.54) is 250 Å². The lowest BCUT2D eigenvalue weighted by molar-refractivity contribution is -0.870. The third kappa shape index (κ3) is 69.0. The van der Waals surface area contributed by atoms with Crippen LogP contribution in [0.25, 0.3) is 0 Å². The Kier molecular flexibility index (Phi) is 64.3. The van der Waals surface area contributed by atoms with Gasteiger partial charge in [-0.15, -0.1) is 0 Å². The predicted octanol–water partition coefficient (Wildman–Crippen LogP) is 23.5. The van der Waals surface area contributed by atoms with Gasteiger partial charge in [-0.1, -0.05) is 336 Å². The summed E-state index contributed by atoms with van der Waals surface area (Å²) in [5.74, 6) is -0.186. The zero-order valence-corrected chi connectivity index (χ0v) is 57.7. The Morgan fingerprint density at radius 3 is 1.08 bits per heavy atom. The molecule has 3 N–H and O–H groups in total. The lowest BCUT2D eigenvalue weighted by atomic mass is 10.0. The molecule has 0 aliphatic rings. The number of nitrogens with zero attached hydrogens (tertiary/aromatic N) is 1. The van der Waals surface area contributed by atoms with Gasteiger partial charge in [0.05, 0.1) is 39.9 Å². The molecule has 0 saturated carbocycles. The summed E-state index contributed by atoms with van der Waals surface area (Å²) in [6.07, 6.45) is 94.8. The second kappa shape index (κ2) is 66.1. The van der Waals surface area contributed by atoms with Gasteiger partial charge in [0.1, 0.15) is 13.2 Å². The van der Waals surface area contributed by atoms with Crippen molar-refractivity contribution in [2.24, 2.45) is 0 Å². The standard InChI is InChI=1S/C76H141N2O6P/c1-6-8-10-12-14-16-18-20-22-24-26-28-30-31-32-33-34-35-36-37-38-39-40-41-42-43-44-45-46-47-48-50-52-54-56-58-60-62-64-66-68-70-76(80)77-74(73-84-85(81,82)83-72-71-78(3,4)5)75(79)69-67-65-63-61-59-57-55-53-51-49-29-27-25-23-21-19-17-15-13-11-9-7-2/h8,10,14,16,20,22,26,28,51,53,59,61,67,69,74-75,79H,6-7,9,11-13,15,17-19,21,23-25,27,29-50,52,54-58,60,62-66,68,70-73H2,1-5H3,(H-,77,80,81,82)/p+1/b10-8-,16-14-,22-20-,28-26-,53-51+,61-59+,69-67+. The minimum absolute atomic E-state index is 0.0533. The lowest BCUT2D eigenvalue weighted by Gasteiger charge is -2.25. The summed E-state index contributed by atoms with van der Waals surface area (Å²) in [4.78, 5) is 23.4. The summed E-state index contributed by atoms with van der Waals surface area (Å²) in [5.41, 5.74) is 0. The summed E-state index contributed by atoms with van der Waals surface area (Å²) >= 11 is 0. The van der Waals surface area contributed by atoms with E-state index in [1.54, 1.807) is 6.08 Å². The van der Waals surface area contributed by atoms with Crippen molar-refractivity contribution in [3.05, 3.63) is 85.1 Å². The van der Waals surface area contributed by atoms with Crippen LogP contribution >= 0.6 is 7.82 Å². The number of allylic oxidation sites excluding steroid dienone is 13. The maximum Gasteiger partial charge on any atom is 0.472 e. The Hall–Kier alpha value is -2.32. The molecule has 9 heteroatoms. The molecule has 0 aromatic rings. The first-order chi connectivity index (χ1) is 41.5.